The van der Waals surface area contributed by atoms with E-state index < -0.39 is 5.60 Å². The average Bonchev–Trinajstić information content (AvgIpc) is 2.53. The molecule has 1 rings (SSSR count). The van der Waals surface area contributed by atoms with Crippen molar-refractivity contribution in [2.24, 2.45) is 5.92 Å². The standard InChI is InChI=1S/C14H25NO3/c1-10-8-11(6-5-7-16)9-12(10)15-13(17)18-14(2,3)4/h11-12,16H,1,5-9H2,2-4H3,(H,15,17)/t11-,12-/m0/s1. The summed E-state index contributed by atoms with van der Waals surface area (Å²) in [5.74, 6) is 0.518. The van der Waals surface area contributed by atoms with Crippen LogP contribution in [0.3, 0.4) is 0 Å². The van der Waals surface area contributed by atoms with E-state index in [-0.39, 0.29) is 18.7 Å². The van der Waals surface area contributed by atoms with Gasteiger partial charge in [0.15, 0.2) is 0 Å². The third-order valence-electron chi connectivity index (χ3n) is 3.07. The van der Waals surface area contributed by atoms with E-state index in [9.17, 15) is 4.79 Å². The quantitative estimate of drug-likeness (QED) is 0.759. The van der Waals surface area contributed by atoms with Gasteiger partial charge in [-0.15, -0.1) is 0 Å². The molecule has 0 aromatic carbocycles. The second-order valence-corrected chi connectivity index (χ2v) is 6.03. The Morgan fingerprint density at radius 2 is 2.22 bits per heavy atom. The Balaban J connectivity index is 2.39. The zero-order valence-corrected chi connectivity index (χ0v) is 11.7. The molecule has 1 fully saturated rings. The number of hydrogen-bond donors (Lipinski definition) is 2. The number of carbonyl (C=O) groups excluding carboxylic acids is 1. The van der Waals surface area contributed by atoms with Crippen LogP contribution in [0, 0.1) is 5.92 Å². The van der Waals surface area contributed by atoms with E-state index in [4.69, 9.17) is 9.84 Å². The fourth-order valence-corrected chi connectivity index (χ4v) is 2.31. The number of amides is 1. The van der Waals surface area contributed by atoms with Crippen molar-refractivity contribution < 1.29 is 14.6 Å². The fourth-order valence-electron chi connectivity index (χ4n) is 2.31. The van der Waals surface area contributed by atoms with E-state index in [1.54, 1.807) is 0 Å². The lowest BCUT2D eigenvalue weighted by Crippen LogP contribution is -2.38. The number of hydrogen-bond acceptors (Lipinski definition) is 3. The summed E-state index contributed by atoms with van der Waals surface area (Å²) < 4.78 is 5.23. The highest BCUT2D eigenvalue weighted by atomic mass is 16.6. The van der Waals surface area contributed by atoms with Gasteiger partial charge in [-0.2, -0.15) is 0 Å². The highest BCUT2D eigenvalue weighted by Crippen LogP contribution is 2.32. The highest BCUT2D eigenvalue weighted by Gasteiger charge is 2.30. The van der Waals surface area contributed by atoms with Crippen LogP contribution in [0.5, 0.6) is 0 Å². The third-order valence-corrected chi connectivity index (χ3v) is 3.07. The molecule has 0 aromatic heterocycles. The van der Waals surface area contributed by atoms with E-state index in [1.165, 1.54) is 0 Å². The Morgan fingerprint density at radius 1 is 1.56 bits per heavy atom. The molecule has 0 saturated heterocycles. The molecule has 0 unspecified atom stereocenters. The second-order valence-electron chi connectivity index (χ2n) is 6.03. The number of nitrogens with one attached hydrogen (secondary N) is 1. The molecule has 4 nitrogen and oxygen atoms in total. The molecule has 1 aliphatic carbocycles. The Morgan fingerprint density at radius 3 is 2.78 bits per heavy atom. The zero-order valence-electron chi connectivity index (χ0n) is 11.7. The molecule has 2 atom stereocenters. The van der Waals surface area contributed by atoms with Crippen LogP contribution in [0.1, 0.15) is 46.5 Å². The molecule has 0 bridgehead atoms. The first-order valence-electron chi connectivity index (χ1n) is 6.60. The van der Waals surface area contributed by atoms with Gasteiger partial charge in [-0.05, 0) is 52.4 Å². The van der Waals surface area contributed by atoms with Crippen LogP contribution in [0.15, 0.2) is 12.2 Å². The molecule has 0 heterocycles. The molecule has 4 heteroatoms. The molecule has 0 radical (unpaired) electrons. The molecule has 1 amide bonds. The number of aliphatic hydroxyl groups is 1. The third kappa shape index (κ3) is 5.08. The first-order chi connectivity index (χ1) is 8.31. The van der Waals surface area contributed by atoms with Gasteiger partial charge < -0.3 is 15.2 Å². The van der Waals surface area contributed by atoms with E-state index in [2.05, 4.69) is 11.9 Å². The summed E-state index contributed by atoms with van der Waals surface area (Å²) in [4.78, 5) is 11.7. The predicted molar refractivity (Wildman–Crippen MR) is 71.3 cm³/mol. The van der Waals surface area contributed by atoms with E-state index in [0.717, 1.165) is 31.3 Å². The maximum absolute atomic E-state index is 11.7. The Hall–Kier alpha value is -1.03. The number of alkyl carbamates (subject to hydrolysis) is 1. The lowest BCUT2D eigenvalue weighted by molar-refractivity contribution is 0.0511. The molecule has 0 spiro atoms. The summed E-state index contributed by atoms with van der Waals surface area (Å²) >= 11 is 0. The smallest absolute Gasteiger partial charge is 0.408 e. The first-order valence-corrected chi connectivity index (χ1v) is 6.60. The Kier molecular flexibility index (Phi) is 5.20. The molecule has 0 aliphatic heterocycles. The van der Waals surface area contributed by atoms with E-state index in [1.807, 2.05) is 20.8 Å². The van der Waals surface area contributed by atoms with Crippen LogP contribution in [0.2, 0.25) is 0 Å². The molecule has 0 aromatic rings. The van der Waals surface area contributed by atoms with Crippen molar-refractivity contribution in [1.82, 2.24) is 5.32 Å². The summed E-state index contributed by atoms with van der Waals surface area (Å²) in [5, 5.41) is 11.7. The van der Waals surface area contributed by atoms with Crippen LogP contribution in [0.4, 0.5) is 4.79 Å². The van der Waals surface area contributed by atoms with E-state index in [0.29, 0.717) is 5.92 Å². The minimum Gasteiger partial charge on any atom is -0.444 e. The van der Waals surface area contributed by atoms with Gasteiger partial charge in [-0.25, -0.2) is 4.79 Å². The predicted octanol–water partition coefficient (Wildman–Crippen LogP) is 2.62. The summed E-state index contributed by atoms with van der Waals surface area (Å²) in [6, 6.07) is 0.0172. The van der Waals surface area contributed by atoms with Crippen molar-refractivity contribution in [3.8, 4) is 0 Å². The van der Waals surface area contributed by atoms with Gasteiger partial charge in [-0.3, -0.25) is 0 Å². The minimum absolute atomic E-state index is 0.0172. The highest BCUT2D eigenvalue weighted by molar-refractivity contribution is 5.68. The van der Waals surface area contributed by atoms with Gasteiger partial charge in [0.05, 0.1) is 6.04 Å². The van der Waals surface area contributed by atoms with Crippen molar-refractivity contribution in [3.63, 3.8) is 0 Å². The first kappa shape index (κ1) is 15.0. The largest absolute Gasteiger partial charge is 0.444 e. The number of rotatable bonds is 4. The average molecular weight is 255 g/mol. The van der Waals surface area contributed by atoms with Crippen LogP contribution in [-0.4, -0.2) is 29.4 Å². The molecule has 1 aliphatic rings. The Labute approximate surface area is 109 Å². The van der Waals surface area contributed by atoms with Gasteiger partial charge in [0, 0.05) is 6.61 Å². The van der Waals surface area contributed by atoms with Gasteiger partial charge in [0.25, 0.3) is 0 Å². The van der Waals surface area contributed by atoms with Crippen LogP contribution < -0.4 is 5.32 Å². The molecular weight excluding hydrogens is 230 g/mol. The van der Waals surface area contributed by atoms with Crippen LogP contribution in [0.25, 0.3) is 0 Å². The van der Waals surface area contributed by atoms with Crippen molar-refractivity contribution in [1.29, 1.82) is 0 Å². The van der Waals surface area contributed by atoms with Crippen LogP contribution in [-0.2, 0) is 4.74 Å². The molecule has 104 valence electrons. The zero-order chi connectivity index (χ0) is 13.8. The van der Waals surface area contributed by atoms with Crippen molar-refractivity contribution >= 4 is 6.09 Å². The normalized spacial score (nSPS) is 24.1. The SMILES string of the molecule is C=C1C[C@H](CCCO)C[C@@H]1NC(=O)OC(C)(C)C. The second kappa shape index (κ2) is 6.23. The van der Waals surface area contributed by atoms with Crippen LogP contribution >= 0.6 is 0 Å². The fraction of sp³-hybridized carbons (Fsp3) is 0.786. The van der Waals surface area contributed by atoms with Gasteiger partial charge in [0.2, 0.25) is 0 Å². The summed E-state index contributed by atoms with van der Waals surface area (Å²) in [6.07, 6.45) is 3.26. The monoisotopic (exact) mass is 255 g/mol. The lowest BCUT2D eigenvalue weighted by atomic mass is 10.0. The molecular formula is C14H25NO3. The maximum atomic E-state index is 11.7. The van der Waals surface area contributed by atoms with Gasteiger partial charge in [-0.1, -0.05) is 12.2 Å². The maximum Gasteiger partial charge on any atom is 0.408 e. The van der Waals surface area contributed by atoms with Gasteiger partial charge in [0.1, 0.15) is 5.60 Å². The minimum atomic E-state index is -0.472. The van der Waals surface area contributed by atoms with Crippen molar-refractivity contribution in [3.05, 3.63) is 12.2 Å². The molecule has 18 heavy (non-hydrogen) atoms. The molecule has 1 saturated carbocycles. The lowest BCUT2D eigenvalue weighted by Gasteiger charge is -2.22. The number of aliphatic hydroxyl groups excluding tert-OH is 1. The number of ether oxygens (including phenoxy) is 1. The summed E-state index contributed by atoms with van der Waals surface area (Å²) in [7, 11) is 0. The van der Waals surface area contributed by atoms with Gasteiger partial charge >= 0.3 is 6.09 Å². The van der Waals surface area contributed by atoms with Crippen molar-refractivity contribution in [2.45, 2.75) is 58.1 Å². The van der Waals surface area contributed by atoms with E-state index >= 15 is 0 Å². The topological polar surface area (TPSA) is 58.6 Å². The summed E-state index contributed by atoms with van der Waals surface area (Å²) in [6.45, 7) is 9.78. The summed E-state index contributed by atoms with van der Waals surface area (Å²) in [5.41, 5.74) is 0.587. The number of carbonyl (C=O) groups is 1. The molecule has 2 N–H and O–H groups in total. The Bertz CT molecular complexity index is 307. The van der Waals surface area contributed by atoms with Crippen molar-refractivity contribution in [2.75, 3.05) is 6.61 Å².